The summed E-state index contributed by atoms with van der Waals surface area (Å²) >= 11 is 1.35. The van der Waals surface area contributed by atoms with Crippen LogP contribution < -0.4 is 10.2 Å². The molecule has 1 fully saturated rings. The third-order valence-electron chi connectivity index (χ3n) is 7.27. The average Bonchev–Trinajstić information content (AvgIpc) is 3.64. The SMILES string of the molecule is CN1CCN(c2ccc(N=Cc3c(O)[nH]c4cc(C(=O)c5cccc(NC(=O)c6cccs6)c5)ccc34)cc2)CC1. The number of benzene rings is 3. The molecule has 1 aliphatic rings. The fourth-order valence-corrected chi connectivity index (χ4v) is 5.55. The van der Waals surface area contributed by atoms with Gasteiger partial charge in [-0.2, -0.15) is 0 Å². The van der Waals surface area contributed by atoms with Crippen LogP contribution in [0.5, 0.6) is 5.88 Å². The van der Waals surface area contributed by atoms with Crippen LogP contribution in [0.15, 0.2) is 89.2 Å². The highest BCUT2D eigenvalue weighted by molar-refractivity contribution is 7.12. The molecule has 5 aromatic rings. The van der Waals surface area contributed by atoms with E-state index in [4.69, 9.17) is 0 Å². The van der Waals surface area contributed by atoms with Crippen molar-refractivity contribution in [2.45, 2.75) is 0 Å². The Balaban J connectivity index is 1.17. The quantitative estimate of drug-likeness (QED) is 0.169. The number of carbonyl (C=O) groups is 2. The van der Waals surface area contributed by atoms with E-state index in [9.17, 15) is 14.7 Å². The minimum absolute atomic E-state index is 0.0132. The Morgan fingerprint density at radius 3 is 2.49 bits per heavy atom. The molecule has 0 spiro atoms. The Morgan fingerprint density at radius 1 is 0.951 bits per heavy atom. The van der Waals surface area contributed by atoms with Gasteiger partial charge in [0, 0.05) is 65.8 Å². The Kier molecular flexibility index (Phi) is 7.37. The molecule has 8 nitrogen and oxygen atoms in total. The molecular formula is C32H29N5O3S. The van der Waals surface area contributed by atoms with Gasteiger partial charge in [0.25, 0.3) is 5.91 Å². The fourth-order valence-electron chi connectivity index (χ4n) is 4.94. The van der Waals surface area contributed by atoms with Crippen LogP contribution in [-0.4, -0.2) is 66.1 Å². The summed E-state index contributed by atoms with van der Waals surface area (Å²) in [6.07, 6.45) is 1.64. The zero-order valence-electron chi connectivity index (χ0n) is 22.5. The predicted molar refractivity (Wildman–Crippen MR) is 166 cm³/mol. The molecule has 0 saturated carbocycles. The lowest BCUT2D eigenvalue weighted by atomic mass is 10.0. The van der Waals surface area contributed by atoms with Gasteiger partial charge in [0.05, 0.1) is 16.1 Å². The topological polar surface area (TPSA) is 101 Å². The second-order valence-corrected chi connectivity index (χ2v) is 11.0. The molecule has 1 aliphatic heterocycles. The van der Waals surface area contributed by atoms with Crippen LogP contribution in [-0.2, 0) is 0 Å². The summed E-state index contributed by atoms with van der Waals surface area (Å²) in [5.74, 6) is -0.419. The second kappa shape index (κ2) is 11.4. The molecule has 1 saturated heterocycles. The van der Waals surface area contributed by atoms with Crippen LogP contribution in [0.25, 0.3) is 10.9 Å². The highest BCUT2D eigenvalue weighted by Gasteiger charge is 2.16. The third-order valence-corrected chi connectivity index (χ3v) is 8.14. The molecular weight excluding hydrogens is 534 g/mol. The minimum Gasteiger partial charge on any atom is -0.494 e. The van der Waals surface area contributed by atoms with E-state index >= 15 is 0 Å². The van der Waals surface area contributed by atoms with E-state index < -0.39 is 0 Å². The van der Waals surface area contributed by atoms with Gasteiger partial charge in [-0.1, -0.05) is 30.3 Å². The van der Waals surface area contributed by atoms with E-state index in [0.717, 1.165) is 37.3 Å². The van der Waals surface area contributed by atoms with Crippen LogP contribution >= 0.6 is 11.3 Å². The monoisotopic (exact) mass is 563 g/mol. The summed E-state index contributed by atoms with van der Waals surface area (Å²) in [6.45, 7) is 4.11. The number of aliphatic imine (C=N–C) groups is 1. The van der Waals surface area contributed by atoms with Gasteiger partial charge in [0.2, 0.25) is 0 Å². The van der Waals surface area contributed by atoms with Gasteiger partial charge in [-0.05, 0) is 61.0 Å². The third kappa shape index (κ3) is 5.77. The van der Waals surface area contributed by atoms with E-state index in [1.54, 1.807) is 54.7 Å². The number of aromatic nitrogens is 1. The molecule has 0 radical (unpaired) electrons. The zero-order chi connectivity index (χ0) is 28.3. The number of amides is 1. The molecule has 0 atom stereocenters. The number of aromatic amines is 1. The number of hydrogen-bond acceptors (Lipinski definition) is 7. The first-order valence-corrected chi connectivity index (χ1v) is 14.2. The number of aromatic hydroxyl groups is 1. The van der Waals surface area contributed by atoms with Gasteiger partial charge >= 0.3 is 0 Å². The molecule has 3 aromatic carbocycles. The molecule has 6 rings (SSSR count). The van der Waals surface area contributed by atoms with Crippen molar-refractivity contribution in [1.29, 1.82) is 0 Å². The first-order chi connectivity index (χ1) is 19.9. The number of anilines is 2. The van der Waals surface area contributed by atoms with Gasteiger partial charge in [-0.25, -0.2) is 0 Å². The lowest BCUT2D eigenvalue weighted by Crippen LogP contribution is -2.44. The molecule has 41 heavy (non-hydrogen) atoms. The first kappa shape index (κ1) is 26.5. The van der Waals surface area contributed by atoms with Gasteiger partial charge in [-0.15, -0.1) is 11.3 Å². The maximum atomic E-state index is 13.3. The van der Waals surface area contributed by atoms with Crippen molar-refractivity contribution in [3.63, 3.8) is 0 Å². The number of carbonyl (C=O) groups excluding carboxylic acids is 2. The number of hydrogen-bond donors (Lipinski definition) is 3. The van der Waals surface area contributed by atoms with Crippen molar-refractivity contribution in [2.24, 2.45) is 4.99 Å². The summed E-state index contributed by atoms with van der Waals surface area (Å²) in [5.41, 5.74) is 4.61. The van der Waals surface area contributed by atoms with E-state index in [1.165, 1.54) is 17.0 Å². The number of ketones is 1. The highest BCUT2D eigenvalue weighted by Crippen LogP contribution is 2.29. The molecule has 0 bridgehead atoms. The van der Waals surface area contributed by atoms with Crippen LogP contribution in [0.3, 0.4) is 0 Å². The van der Waals surface area contributed by atoms with E-state index in [-0.39, 0.29) is 17.6 Å². The van der Waals surface area contributed by atoms with Crippen LogP contribution in [0.4, 0.5) is 17.1 Å². The number of nitrogens with one attached hydrogen (secondary N) is 2. The standard InChI is InChI=1S/C32H29N5O3S/c1-36-13-15-37(16-14-36)25-10-8-23(9-11-25)33-20-27-26-12-7-22(19-28(26)35-31(27)39)30(38)21-4-2-5-24(18-21)34-32(40)29-6-3-17-41-29/h2-12,17-20,35,39H,13-16H2,1H3,(H,34,40). The fraction of sp³-hybridized carbons (Fsp3) is 0.156. The molecule has 3 N–H and O–H groups in total. The van der Waals surface area contributed by atoms with E-state index in [0.29, 0.717) is 32.8 Å². The first-order valence-electron chi connectivity index (χ1n) is 13.4. The zero-order valence-corrected chi connectivity index (χ0v) is 23.3. The van der Waals surface area contributed by atoms with Crippen molar-refractivity contribution in [1.82, 2.24) is 9.88 Å². The molecule has 206 valence electrons. The van der Waals surface area contributed by atoms with Gasteiger partial charge in [-0.3, -0.25) is 14.6 Å². The van der Waals surface area contributed by atoms with E-state index in [2.05, 4.69) is 44.3 Å². The van der Waals surface area contributed by atoms with Crippen LogP contribution in [0, 0.1) is 0 Å². The summed E-state index contributed by atoms with van der Waals surface area (Å²) < 4.78 is 0. The number of piperazine rings is 1. The Hall–Kier alpha value is -4.73. The number of thiophene rings is 1. The molecule has 0 aliphatic carbocycles. The number of H-pyrrole nitrogens is 1. The average molecular weight is 564 g/mol. The van der Waals surface area contributed by atoms with Crippen LogP contribution in [0.1, 0.15) is 31.2 Å². The summed E-state index contributed by atoms with van der Waals surface area (Å²) in [7, 11) is 2.14. The number of rotatable bonds is 7. The Labute approximate surface area is 241 Å². The van der Waals surface area contributed by atoms with Gasteiger partial charge in [0.1, 0.15) is 0 Å². The number of fused-ring (bicyclic) bond motifs is 1. The Bertz CT molecular complexity index is 1730. The number of nitrogens with zero attached hydrogens (tertiary/aromatic N) is 3. The second-order valence-electron chi connectivity index (χ2n) is 10.1. The lowest BCUT2D eigenvalue weighted by molar-refractivity contribution is 0.102. The summed E-state index contributed by atoms with van der Waals surface area (Å²) in [5, 5.41) is 16.1. The van der Waals surface area contributed by atoms with Crippen LogP contribution in [0.2, 0.25) is 0 Å². The largest absolute Gasteiger partial charge is 0.494 e. The summed E-state index contributed by atoms with van der Waals surface area (Å²) in [6, 6.07) is 23.8. The van der Waals surface area contributed by atoms with Crippen molar-refractivity contribution >= 4 is 57.2 Å². The molecule has 0 unspecified atom stereocenters. The predicted octanol–water partition coefficient (Wildman–Crippen LogP) is 5.92. The van der Waals surface area contributed by atoms with E-state index in [1.807, 2.05) is 23.6 Å². The molecule has 3 heterocycles. The van der Waals surface area contributed by atoms with Crippen molar-refractivity contribution < 1.29 is 14.7 Å². The Morgan fingerprint density at radius 2 is 1.73 bits per heavy atom. The number of likely N-dealkylation sites (N-methyl/N-ethyl adjacent to an activating group) is 1. The molecule has 2 aromatic heterocycles. The van der Waals surface area contributed by atoms with Crippen molar-refractivity contribution in [3.8, 4) is 5.88 Å². The molecule has 1 amide bonds. The maximum absolute atomic E-state index is 13.3. The smallest absolute Gasteiger partial charge is 0.265 e. The molecule has 9 heteroatoms. The van der Waals surface area contributed by atoms with Crippen molar-refractivity contribution in [2.75, 3.05) is 43.4 Å². The summed E-state index contributed by atoms with van der Waals surface area (Å²) in [4.78, 5) is 38.6. The lowest BCUT2D eigenvalue weighted by Gasteiger charge is -2.34. The maximum Gasteiger partial charge on any atom is 0.265 e. The van der Waals surface area contributed by atoms with Crippen molar-refractivity contribution in [3.05, 3.63) is 106 Å². The van der Waals surface area contributed by atoms with Gasteiger partial charge in [0.15, 0.2) is 11.7 Å². The highest BCUT2D eigenvalue weighted by atomic mass is 32.1. The normalized spacial score (nSPS) is 14.1. The van der Waals surface area contributed by atoms with Gasteiger partial charge < -0.3 is 25.2 Å². The minimum atomic E-state index is -0.215.